The fourth-order valence-electron chi connectivity index (χ4n) is 2.49. The SMILES string of the molecule is C=CCOC1CCN(C(=O)CCc2cnn(C)c2)CC1. The molecule has 1 fully saturated rings. The molecule has 2 rings (SSSR count). The summed E-state index contributed by atoms with van der Waals surface area (Å²) in [7, 11) is 1.89. The van der Waals surface area contributed by atoms with Gasteiger partial charge < -0.3 is 9.64 Å². The molecule has 0 spiro atoms. The van der Waals surface area contributed by atoms with Gasteiger partial charge in [-0.25, -0.2) is 0 Å². The van der Waals surface area contributed by atoms with E-state index in [-0.39, 0.29) is 12.0 Å². The van der Waals surface area contributed by atoms with E-state index in [1.807, 2.05) is 24.3 Å². The van der Waals surface area contributed by atoms with E-state index in [1.165, 1.54) is 0 Å². The van der Waals surface area contributed by atoms with Gasteiger partial charge in [-0.2, -0.15) is 5.10 Å². The number of hydrogen-bond acceptors (Lipinski definition) is 3. The minimum Gasteiger partial charge on any atom is -0.374 e. The Hall–Kier alpha value is -1.62. The van der Waals surface area contributed by atoms with Crippen molar-refractivity contribution in [1.29, 1.82) is 0 Å². The first-order valence-corrected chi connectivity index (χ1v) is 7.17. The molecule has 0 N–H and O–H groups in total. The molecule has 2 heterocycles. The van der Waals surface area contributed by atoms with Crippen LogP contribution >= 0.6 is 0 Å². The monoisotopic (exact) mass is 277 g/mol. The molecule has 110 valence electrons. The normalized spacial score (nSPS) is 16.4. The van der Waals surface area contributed by atoms with Gasteiger partial charge in [0.25, 0.3) is 0 Å². The Labute approximate surface area is 120 Å². The van der Waals surface area contributed by atoms with Crippen LogP contribution in [0.25, 0.3) is 0 Å². The molecular formula is C15H23N3O2. The summed E-state index contributed by atoms with van der Waals surface area (Å²) in [5.74, 6) is 0.232. The van der Waals surface area contributed by atoms with Crippen LogP contribution in [0.4, 0.5) is 0 Å². The van der Waals surface area contributed by atoms with Crippen molar-refractivity contribution in [2.24, 2.45) is 7.05 Å². The van der Waals surface area contributed by atoms with Crippen LogP contribution < -0.4 is 0 Å². The van der Waals surface area contributed by atoms with Crippen molar-refractivity contribution in [3.8, 4) is 0 Å². The lowest BCUT2D eigenvalue weighted by atomic mass is 10.1. The summed E-state index contributed by atoms with van der Waals surface area (Å²) >= 11 is 0. The highest BCUT2D eigenvalue weighted by Crippen LogP contribution is 2.15. The first-order valence-electron chi connectivity index (χ1n) is 7.17. The Morgan fingerprint density at radius 2 is 2.30 bits per heavy atom. The van der Waals surface area contributed by atoms with Crippen molar-refractivity contribution in [2.75, 3.05) is 19.7 Å². The molecule has 0 radical (unpaired) electrons. The zero-order chi connectivity index (χ0) is 14.4. The average Bonchev–Trinajstić information content (AvgIpc) is 2.89. The molecule has 0 aromatic carbocycles. The van der Waals surface area contributed by atoms with Gasteiger partial charge in [-0.1, -0.05) is 6.08 Å². The molecule has 1 aromatic rings. The Bertz CT molecular complexity index is 448. The Kier molecular flexibility index (Phi) is 5.35. The molecule has 20 heavy (non-hydrogen) atoms. The second-order valence-electron chi connectivity index (χ2n) is 5.22. The molecule has 0 saturated carbocycles. The van der Waals surface area contributed by atoms with Gasteiger partial charge in [0.15, 0.2) is 0 Å². The largest absolute Gasteiger partial charge is 0.374 e. The van der Waals surface area contributed by atoms with E-state index in [1.54, 1.807) is 10.8 Å². The number of aromatic nitrogens is 2. The van der Waals surface area contributed by atoms with Gasteiger partial charge in [0.2, 0.25) is 5.91 Å². The summed E-state index contributed by atoms with van der Waals surface area (Å²) in [6.07, 6.45) is 8.99. The summed E-state index contributed by atoms with van der Waals surface area (Å²) in [6, 6.07) is 0. The summed E-state index contributed by atoms with van der Waals surface area (Å²) < 4.78 is 7.39. The van der Waals surface area contributed by atoms with Crippen LogP contribution in [0.5, 0.6) is 0 Å². The number of likely N-dealkylation sites (tertiary alicyclic amines) is 1. The van der Waals surface area contributed by atoms with E-state index in [0.29, 0.717) is 13.0 Å². The van der Waals surface area contributed by atoms with Gasteiger partial charge >= 0.3 is 0 Å². The predicted molar refractivity (Wildman–Crippen MR) is 77.3 cm³/mol. The maximum atomic E-state index is 12.1. The molecule has 0 unspecified atom stereocenters. The minimum absolute atomic E-state index is 0.232. The summed E-state index contributed by atoms with van der Waals surface area (Å²) in [4.78, 5) is 14.1. The second-order valence-corrected chi connectivity index (χ2v) is 5.22. The lowest BCUT2D eigenvalue weighted by Crippen LogP contribution is -2.41. The molecule has 1 saturated heterocycles. The maximum absolute atomic E-state index is 12.1. The van der Waals surface area contributed by atoms with Crippen LogP contribution in [-0.4, -0.2) is 46.4 Å². The Morgan fingerprint density at radius 1 is 1.55 bits per heavy atom. The molecule has 1 aliphatic rings. The van der Waals surface area contributed by atoms with Crippen LogP contribution in [0.3, 0.4) is 0 Å². The van der Waals surface area contributed by atoms with Crippen LogP contribution in [0.2, 0.25) is 0 Å². The molecule has 0 bridgehead atoms. The number of rotatable bonds is 6. The van der Waals surface area contributed by atoms with Gasteiger partial charge in [0, 0.05) is 32.8 Å². The molecule has 1 aliphatic heterocycles. The van der Waals surface area contributed by atoms with Crippen molar-refractivity contribution < 1.29 is 9.53 Å². The van der Waals surface area contributed by atoms with Crippen LogP contribution in [0.1, 0.15) is 24.8 Å². The quantitative estimate of drug-likeness (QED) is 0.741. The van der Waals surface area contributed by atoms with E-state index >= 15 is 0 Å². The second kappa shape index (κ2) is 7.24. The fourth-order valence-corrected chi connectivity index (χ4v) is 2.49. The number of amides is 1. The molecule has 5 nitrogen and oxygen atoms in total. The maximum Gasteiger partial charge on any atom is 0.222 e. The number of piperidine rings is 1. The van der Waals surface area contributed by atoms with E-state index in [0.717, 1.165) is 37.9 Å². The van der Waals surface area contributed by atoms with Gasteiger partial charge in [0.05, 0.1) is 18.9 Å². The van der Waals surface area contributed by atoms with Crippen molar-refractivity contribution >= 4 is 5.91 Å². The van der Waals surface area contributed by atoms with Gasteiger partial charge in [-0.3, -0.25) is 9.48 Å². The number of ether oxygens (including phenoxy) is 1. The predicted octanol–water partition coefficient (Wildman–Crippen LogP) is 1.55. The fraction of sp³-hybridized carbons (Fsp3) is 0.600. The van der Waals surface area contributed by atoms with Crippen molar-refractivity contribution in [3.05, 3.63) is 30.6 Å². The average molecular weight is 277 g/mol. The number of hydrogen-bond donors (Lipinski definition) is 0. The van der Waals surface area contributed by atoms with E-state index < -0.39 is 0 Å². The zero-order valence-electron chi connectivity index (χ0n) is 12.1. The molecule has 1 amide bonds. The number of aryl methyl sites for hydroxylation is 2. The van der Waals surface area contributed by atoms with E-state index in [4.69, 9.17) is 4.74 Å². The lowest BCUT2D eigenvalue weighted by Gasteiger charge is -2.31. The Balaban J connectivity index is 1.70. The standard InChI is InChI=1S/C15H23N3O2/c1-3-10-20-14-6-8-18(9-7-14)15(19)5-4-13-11-16-17(2)12-13/h3,11-12,14H,1,4-10H2,2H3. The van der Waals surface area contributed by atoms with Gasteiger partial charge in [-0.15, -0.1) is 6.58 Å². The minimum atomic E-state index is 0.232. The van der Waals surface area contributed by atoms with Gasteiger partial charge in [-0.05, 0) is 24.8 Å². The first-order chi connectivity index (χ1) is 9.69. The summed E-state index contributed by atoms with van der Waals surface area (Å²) in [5, 5.41) is 4.11. The van der Waals surface area contributed by atoms with Crippen LogP contribution in [0.15, 0.2) is 25.0 Å². The van der Waals surface area contributed by atoms with Crippen LogP contribution in [-0.2, 0) is 23.0 Å². The molecule has 0 aliphatic carbocycles. The molecule has 0 atom stereocenters. The lowest BCUT2D eigenvalue weighted by molar-refractivity contribution is -0.133. The summed E-state index contributed by atoms with van der Waals surface area (Å²) in [6.45, 7) is 5.84. The summed E-state index contributed by atoms with van der Waals surface area (Å²) in [5.41, 5.74) is 1.12. The highest BCUT2D eigenvalue weighted by atomic mass is 16.5. The highest BCUT2D eigenvalue weighted by Gasteiger charge is 2.22. The number of carbonyl (C=O) groups is 1. The Morgan fingerprint density at radius 3 is 2.90 bits per heavy atom. The smallest absolute Gasteiger partial charge is 0.222 e. The topological polar surface area (TPSA) is 47.4 Å². The molecular weight excluding hydrogens is 254 g/mol. The van der Waals surface area contributed by atoms with E-state index in [2.05, 4.69) is 11.7 Å². The third-order valence-electron chi connectivity index (χ3n) is 3.63. The third kappa shape index (κ3) is 4.20. The first kappa shape index (κ1) is 14.8. The third-order valence-corrected chi connectivity index (χ3v) is 3.63. The van der Waals surface area contributed by atoms with Crippen molar-refractivity contribution in [3.63, 3.8) is 0 Å². The zero-order valence-corrected chi connectivity index (χ0v) is 12.1. The van der Waals surface area contributed by atoms with E-state index in [9.17, 15) is 4.79 Å². The van der Waals surface area contributed by atoms with Gasteiger partial charge in [0.1, 0.15) is 0 Å². The molecule has 5 heteroatoms. The van der Waals surface area contributed by atoms with Crippen molar-refractivity contribution in [1.82, 2.24) is 14.7 Å². The van der Waals surface area contributed by atoms with Crippen molar-refractivity contribution in [2.45, 2.75) is 31.8 Å². The highest BCUT2D eigenvalue weighted by molar-refractivity contribution is 5.76. The number of nitrogens with zero attached hydrogens (tertiary/aromatic N) is 3. The molecule has 1 aromatic heterocycles. The number of carbonyl (C=O) groups excluding carboxylic acids is 1. The van der Waals surface area contributed by atoms with Crippen LogP contribution in [0, 0.1) is 0 Å².